The molecule has 1 aliphatic carbocycles. The van der Waals surface area contributed by atoms with Gasteiger partial charge >= 0.3 is 0 Å². The van der Waals surface area contributed by atoms with E-state index in [0.29, 0.717) is 17.7 Å². The highest BCUT2D eigenvalue weighted by molar-refractivity contribution is 5.79. The number of hydrogen-bond donors (Lipinski definition) is 0. The highest BCUT2D eigenvalue weighted by Gasteiger charge is 2.33. The monoisotopic (exact) mass is 334 g/mol. The first kappa shape index (κ1) is 16.8. The smallest absolute Gasteiger partial charge is 0.232 e. The van der Waals surface area contributed by atoms with Gasteiger partial charge in [-0.1, -0.05) is 6.42 Å². The second-order valence-corrected chi connectivity index (χ2v) is 6.57. The van der Waals surface area contributed by atoms with Gasteiger partial charge in [-0.05, 0) is 25.7 Å². The zero-order valence-corrected chi connectivity index (χ0v) is 14.7. The summed E-state index contributed by atoms with van der Waals surface area (Å²) in [4.78, 5) is 25.4. The Morgan fingerprint density at radius 3 is 2.38 bits per heavy atom. The maximum absolute atomic E-state index is 12.5. The SMILES string of the molecule is COc1cc(OC)nc(N2CCCC(N(C)C(=O)C3CCC3)C2)n1. The fourth-order valence-electron chi connectivity index (χ4n) is 3.32. The van der Waals surface area contributed by atoms with Crippen LogP contribution in [0.15, 0.2) is 6.07 Å². The van der Waals surface area contributed by atoms with Gasteiger partial charge in [0, 0.05) is 32.1 Å². The molecular formula is C17H26N4O3. The van der Waals surface area contributed by atoms with Gasteiger partial charge in [0.25, 0.3) is 0 Å². The summed E-state index contributed by atoms with van der Waals surface area (Å²) in [5.41, 5.74) is 0. The van der Waals surface area contributed by atoms with Crippen LogP contribution in [0.5, 0.6) is 11.8 Å². The Balaban J connectivity index is 1.72. The second kappa shape index (κ2) is 7.23. The molecule has 132 valence electrons. The summed E-state index contributed by atoms with van der Waals surface area (Å²) in [6.07, 6.45) is 5.28. The highest BCUT2D eigenvalue weighted by atomic mass is 16.5. The van der Waals surface area contributed by atoms with Crippen LogP contribution in [0.25, 0.3) is 0 Å². The standard InChI is InChI=1S/C17H26N4O3/c1-20(16(22)12-6-4-7-12)13-8-5-9-21(11-13)17-18-14(23-2)10-15(19-17)24-3/h10,12-13H,4-9,11H2,1-3H3. The summed E-state index contributed by atoms with van der Waals surface area (Å²) < 4.78 is 10.5. The van der Waals surface area contributed by atoms with E-state index < -0.39 is 0 Å². The molecule has 1 atom stereocenters. The van der Waals surface area contributed by atoms with E-state index in [2.05, 4.69) is 14.9 Å². The number of rotatable bonds is 5. The van der Waals surface area contributed by atoms with E-state index >= 15 is 0 Å². The fraction of sp³-hybridized carbons (Fsp3) is 0.706. The number of methoxy groups -OCH3 is 2. The van der Waals surface area contributed by atoms with Crippen LogP contribution in [0.4, 0.5) is 5.95 Å². The van der Waals surface area contributed by atoms with Crippen LogP contribution < -0.4 is 14.4 Å². The van der Waals surface area contributed by atoms with Gasteiger partial charge < -0.3 is 19.3 Å². The van der Waals surface area contributed by atoms with Gasteiger partial charge in [0.15, 0.2) is 0 Å². The molecule has 0 bridgehead atoms. The molecule has 1 aliphatic heterocycles. The molecule has 2 aliphatic rings. The lowest BCUT2D eigenvalue weighted by atomic mass is 9.84. The van der Waals surface area contributed by atoms with Crippen molar-refractivity contribution in [1.82, 2.24) is 14.9 Å². The predicted octanol–water partition coefficient (Wildman–Crippen LogP) is 1.72. The van der Waals surface area contributed by atoms with Crippen LogP contribution in [0.3, 0.4) is 0 Å². The molecule has 1 amide bonds. The van der Waals surface area contributed by atoms with E-state index in [1.807, 2.05) is 11.9 Å². The van der Waals surface area contributed by atoms with Crippen LogP contribution in [0, 0.1) is 5.92 Å². The van der Waals surface area contributed by atoms with E-state index in [9.17, 15) is 4.79 Å². The number of anilines is 1. The van der Waals surface area contributed by atoms with Crippen molar-refractivity contribution in [2.45, 2.75) is 38.1 Å². The lowest BCUT2D eigenvalue weighted by Crippen LogP contribution is -2.51. The molecule has 3 rings (SSSR count). The van der Waals surface area contributed by atoms with Crippen molar-refractivity contribution >= 4 is 11.9 Å². The lowest BCUT2D eigenvalue weighted by Gasteiger charge is -2.40. The number of aromatic nitrogens is 2. The Morgan fingerprint density at radius 1 is 1.17 bits per heavy atom. The molecule has 2 heterocycles. The van der Waals surface area contributed by atoms with Crippen LogP contribution in [-0.4, -0.2) is 61.2 Å². The normalized spacial score (nSPS) is 21.1. The first-order valence-electron chi connectivity index (χ1n) is 8.61. The summed E-state index contributed by atoms with van der Waals surface area (Å²) in [5.74, 6) is 2.09. The first-order chi connectivity index (χ1) is 11.6. The quantitative estimate of drug-likeness (QED) is 0.817. The van der Waals surface area contributed by atoms with Crippen molar-refractivity contribution in [1.29, 1.82) is 0 Å². The molecule has 0 radical (unpaired) electrons. The molecule has 24 heavy (non-hydrogen) atoms. The van der Waals surface area contributed by atoms with Crippen molar-refractivity contribution < 1.29 is 14.3 Å². The summed E-state index contributed by atoms with van der Waals surface area (Å²) in [6, 6.07) is 1.87. The average molecular weight is 334 g/mol. The minimum Gasteiger partial charge on any atom is -0.481 e. The zero-order valence-electron chi connectivity index (χ0n) is 14.7. The summed E-state index contributed by atoms with van der Waals surface area (Å²) >= 11 is 0. The van der Waals surface area contributed by atoms with Crippen molar-refractivity contribution in [2.24, 2.45) is 5.92 Å². The van der Waals surface area contributed by atoms with Crippen molar-refractivity contribution in [3.63, 3.8) is 0 Å². The number of amides is 1. The Hall–Kier alpha value is -2.05. The molecule has 2 fully saturated rings. The number of nitrogens with zero attached hydrogens (tertiary/aromatic N) is 4. The maximum Gasteiger partial charge on any atom is 0.232 e. The maximum atomic E-state index is 12.5. The van der Waals surface area contributed by atoms with Gasteiger partial charge in [-0.3, -0.25) is 4.79 Å². The third-order valence-corrected chi connectivity index (χ3v) is 5.11. The number of carbonyl (C=O) groups is 1. The summed E-state index contributed by atoms with van der Waals surface area (Å²) in [7, 11) is 5.09. The Bertz CT molecular complexity index is 569. The minimum absolute atomic E-state index is 0.202. The molecule has 0 spiro atoms. The van der Waals surface area contributed by atoms with E-state index in [1.165, 1.54) is 6.42 Å². The van der Waals surface area contributed by atoms with E-state index in [0.717, 1.165) is 38.8 Å². The molecule has 7 nitrogen and oxygen atoms in total. The molecular weight excluding hydrogens is 308 g/mol. The largest absolute Gasteiger partial charge is 0.481 e. The van der Waals surface area contributed by atoms with Crippen molar-refractivity contribution in [2.75, 3.05) is 39.3 Å². The summed E-state index contributed by atoms with van der Waals surface area (Å²) in [5, 5.41) is 0. The Morgan fingerprint density at radius 2 is 1.83 bits per heavy atom. The van der Waals surface area contributed by atoms with Gasteiger partial charge in [0.2, 0.25) is 23.6 Å². The van der Waals surface area contributed by atoms with Crippen LogP contribution >= 0.6 is 0 Å². The number of piperidine rings is 1. The average Bonchev–Trinajstić information content (AvgIpc) is 2.59. The highest BCUT2D eigenvalue weighted by Crippen LogP contribution is 2.30. The zero-order chi connectivity index (χ0) is 17.1. The van der Waals surface area contributed by atoms with Gasteiger partial charge in [-0.25, -0.2) is 0 Å². The van der Waals surface area contributed by atoms with Crippen LogP contribution in [0.1, 0.15) is 32.1 Å². The Kier molecular flexibility index (Phi) is 5.06. The first-order valence-corrected chi connectivity index (χ1v) is 8.61. The Labute approximate surface area is 143 Å². The summed E-state index contributed by atoms with van der Waals surface area (Å²) in [6.45, 7) is 1.61. The van der Waals surface area contributed by atoms with Gasteiger partial charge in [0.1, 0.15) is 0 Å². The van der Waals surface area contributed by atoms with E-state index in [4.69, 9.17) is 9.47 Å². The number of hydrogen-bond acceptors (Lipinski definition) is 6. The number of ether oxygens (including phenoxy) is 2. The van der Waals surface area contributed by atoms with Crippen molar-refractivity contribution in [3.05, 3.63) is 6.07 Å². The minimum atomic E-state index is 0.202. The van der Waals surface area contributed by atoms with Crippen molar-refractivity contribution in [3.8, 4) is 11.8 Å². The molecule has 1 aromatic heterocycles. The third-order valence-electron chi connectivity index (χ3n) is 5.11. The third kappa shape index (κ3) is 3.39. The number of carbonyl (C=O) groups excluding carboxylic acids is 1. The molecule has 1 saturated heterocycles. The van der Waals surface area contributed by atoms with Crippen LogP contribution in [-0.2, 0) is 4.79 Å². The molecule has 1 aromatic rings. The van der Waals surface area contributed by atoms with Gasteiger partial charge in [-0.2, -0.15) is 9.97 Å². The molecule has 0 aromatic carbocycles. The number of likely N-dealkylation sites (N-methyl/N-ethyl adjacent to an activating group) is 1. The molecule has 0 N–H and O–H groups in total. The molecule has 1 unspecified atom stereocenters. The lowest BCUT2D eigenvalue weighted by molar-refractivity contribution is -0.139. The molecule has 7 heteroatoms. The van der Waals surface area contributed by atoms with E-state index in [-0.39, 0.29) is 17.9 Å². The predicted molar refractivity (Wildman–Crippen MR) is 90.5 cm³/mol. The van der Waals surface area contributed by atoms with Crippen LogP contribution in [0.2, 0.25) is 0 Å². The van der Waals surface area contributed by atoms with Gasteiger partial charge in [-0.15, -0.1) is 0 Å². The second-order valence-electron chi connectivity index (χ2n) is 6.57. The fourth-order valence-corrected chi connectivity index (χ4v) is 3.32. The van der Waals surface area contributed by atoms with Gasteiger partial charge in [0.05, 0.1) is 20.3 Å². The topological polar surface area (TPSA) is 67.8 Å². The van der Waals surface area contributed by atoms with E-state index in [1.54, 1.807) is 20.3 Å². The molecule has 1 saturated carbocycles.